The zero-order valence-corrected chi connectivity index (χ0v) is 13.7. The number of halogens is 1. The maximum absolute atomic E-state index is 11.8. The molecule has 0 heterocycles. The van der Waals surface area contributed by atoms with Crippen molar-refractivity contribution >= 4 is 21.8 Å². The maximum atomic E-state index is 11.8. The minimum atomic E-state index is -0.131. The number of likely N-dealkylation sites (N-methyl/N-ethyl adjacent to an activating group) is 1. The first-order valence-electron chi connectivity index (χ1n) is 6.64. The number of hydrogen-bond donors (Lipinski definition) is 2. The van der Waals surface area contributed by atoms with Gasteiger partial charge in [0.25, 0.3) is 0 Å². The molecule has 0 aliphatic carbocycles. The van der Waals surface area contributed by atoms with E-state index < -0.39 is 0 Å². The van der Waals surface area contributed by atoms with E-state index in [1.54, 1.807) is 7.05 Å². The van der Waals surface area contributed by atoms with Gasteiger partial charge in [0, 0.05) is 18.1 Å². The Morgan fingerprint density at radius 2 is 2.05 bits per heavy atom. The third kappa shape index (κ3) is 5.33. The summed E-state index contributed by atoms with van der Waals surface area (Å²) in [6.45, 7) is 7.03. The molecule has 0 bridgehead atoms. The van der Waals surface area contributed by atoms with Gasteiger partial charge in [-0.25, -0.2) is 0 Å². The Bertz CT molecular complexity index is 432. The smallest absolute Gasteiger partial charge is 0.236 e. The van der Waals surface area contributed by atoms with Crippen molar-refractivity contribution in [1.82, 2.24) is 10.6 Å². The number of nitrogens with one attached hydrogen (secondary N) is 2. The van der Waals surface area contributed by atoms with Crippen LogP contribution in [0.3, 0.4) is 0 Å². The van der Waals surface area contributed by atoms with Crippen LogP contribution in [0, 0.1) is 12.8 Å². The molecule has 0 fully saturated rings. The van der Waals surface area contributed by atoms with Crippen molar-refractivity contribution in [3.05, 3.63) is 33.8 Å². The average Bonchev–Trinajstić information content (AvgIpc) is 2.37. The minimum Gasteiger partial charge on any atom is -0.358 e. The molecule has 2 N–H and O–H groups in total. The molecule has 3 nitrogen and oxygen atoms in total. The summed E-state index contributed by atoms with van der Waals surface area (Å²) in [4.78, 5) is 11.8. The summed E-state index contributed by atoms with van der Waals surface area (Å²) >= 11 is 3.49. The van der Waals surface area contributed by atoms with Gasteiger partial charge in [0.2, 0.25) is 5.91 Å². The molecule has 0 aliphatic heterocycles. The van der Waals surface area contributed by atoms with Crippen molar-refractivity contribution in [2.24, 2.45) is 5.92 Å². The summed E-state index contributed by atoms with van der Waals surface area (Å²) in [5.74, 6) is 0.545. The van der Waals surface area contributed by atoms with Gasteiger partial charge in [0.05, 0.1) is 6.04 Å². The van der Waals surface area contributed by atoms with Gasteiger partial charge in [-0.1, -0.05) is 41.9 Å². The van der Waals surface area contributed by atoms with E-state index in [2.05, 4.69) is 59.5 Å². The molecule has 4 heteroatoms. The molecule has 0 spiro atoms. The molecular weight excluding hydrogens is 304 g/mol. The van der Waals surface area contributed by atoms with Crippen LogP contribution >= 0.6 is 15.9 Å². The largest absolute Gasteiger partial charge is 0.358 e. The second-order valence-corrected chi connectivity index (χ2v) is 6.12. The summed E-state index contributed by atoms with van der Waals surface area (Å²) in [5.41, 5.74) is 2.40. The lowest BCUT2D eigenvalue weighted by Gasteiger charge is -2.19. The molecule has 0 radical (unpaired) electrons. The minimum absolute atomic E-state index is 0.0579. The molecule has 1 atom stereocenters. The van der Waals surface area contributed by atoms with E-state index in [0.717, 1.165) is 10.9 Å². The third-order valence-corrected chi connectivity index (χ3v) is 3.93. The highest BCUT2D eigenvalue weighted by Crippen LogP contribution is 2.17. The first-order chi connectivity index (χ1) is 8.93. The van der Waals surface area contributed by atoms with Gasteiger partial charge in [0.15, 0.2) is 0 Å². The van der Waals surface area contributed by atoms with Crippen molar-refractivity contribution in [2.45, 2.75) is 39.8 Å². The molecular formula is C15H23BrN2O. The van der Waals surface area contributed by atoms with E-state index in [1.807, 2.05) is 6.07 Å². The Labute approximate surface area is 124 Å². The van der Waals surface area contributed by atoms with Crippen LogP contribution in [0.25, 0.3) is 0 Å². The maximum Gasteiger partial charge on any atom is 0.236 e. The number of rotatable bonds is 6. The summed E-state index contributed by atoms with van der Waals surface area (Å²) in [5, 5.41) is 6.06. The topological polar surface area (TPSA) is 41.1 Å². The van der Waals surface area contributed by atoms with Crippen molar-refractivity contribution < 1.29 is 4.79 Å². The lowest BCUT2D eigenvalue weighted by Crippen LogP contribution is -2.43. The van der Waals surface area contributed by atoms with Crippen LogP contribution in [-0.4, -0.2) is 19.0 Å². The summed E-state index contributed by atoms with van der Waals surface area (Å²) in [6, 6.07) is 6.12. The third-order valence-electron chi connectivity index (χ3n) is 3.04. The van der Waals surface area contributed by atoms with E-state index in [4.69, 9.17) is 0 Å². The van der Waals surface area contributed by atoms with Gasteiger partial charge in [-0.05, 0) is 36.5 Å². The number of benzene rings is 1. The van der Waals surface area contributed by atoms with Gasteiger partial charge < -0.3 is 10.6 Å². The van der Waals surface area contributed by atoms with E-state index in [1.165, 1.54) is 11.1 Å². The Balaban J connectivity index is 2.64. The number of carbonyl (C=O) groups excluding carboxylic acids is 1. The summed E-state index contributed by atoms with van der Waals surface area (Å²) < 4.78 is 1.11. The predicted molar refractivity (Wildman–Crippen MR) is 83.0 cm³/mol. The van der Waals surface area contributed by atoms with E-state index in [-0.39, 0.29) is 11.9 Å². The van der Waals surface area contributed by atoms with Crippen LogP contribution in [0.1, 0.15) is 31.4 Å². The lowest BCUT2D eigenvalue weighted by atomic mass is 10.0. The fourth-order valence-corrected chi connectivity index (χ4v) is 2.23. The normalized spacial score (nSPS) is 12.5. The van der Waals surface area contributed by atoms with Crippen LogP contribution in [0.5, 0.6) is 0 Å². The molecule has 0 aromatic heterocycles. The first kappa shape index (κ1) is 16.2. The van der Waals surface area contributed by atoms with Gasteiger partial charge in [-0.3, -0.25) is 4.79 Å². The van der Waals surface area contributed by atoms with Gasteiger partial charge in [-0.15, -0.1) is 0 Å². The fourth-order valence-electron chi connectivity index (χ4n) is 1.99. The fraction of sp³-hybridized carbons (Fsp3) is 0.533. The first-order valence-corrected chi connectivity index (χ1v) is 7.43. The molecule has 0 saturated carbocycles. The standard InChI is InChI=1S/C15H23BrN2O/c1-10(2)7-14(15(19)17-4)18-9-12-5-6-13(16)11(3)8-12/h5-6,8,10,14,18H,7,9H2,1-4H3,(H,17,19). The van der Waals surface area contributed by atoms with E-state index >= 15 is 0 Å². The Hall–Kier alpha value is -0.870. The van der Waals surface area contributed by atoms with Gasteiger partial charge in [-0.2, -0.15) is 0 Å². The molecule has 1 aromatic carbocycles. The average molecular weight is 327 g/mol. The molecule has 1 aromatic rings. The summed E-state index contributed by atoms with van der Waals surface area (Å²) in [6.07, 6.45) is 0.842. The van der Waals surface area contributed by atoms with Crippen molar-refractivity contribution in [1.29, 1.82) is 0 Å². The number of hydrogen-bond acceptors (Lipinski definition) is 2. The molecule has 19 heavy (non-hydrogen) atoms. The number of amides is 1. The zero-order valence-electron chi connectivity index (χ0n) is 12.1. The Kier molecular flexibility index (Phi) is 6.52. The van der Waals surface area contributed by atoms with Crippen LogP contribution < -0.4 is 10.6 Å². The highest BCUT2D eigenvalue weighted by Gasteiger charge is 2.17. The molecule has 1 rings (SSSR count). The van der Waals surface area contributed by atoms with Crippen molar-refractivity contribution in [2.75, 3.05) is 7.05 Å². The molecule has 0 saturated heterocycles. The zero-order chi connectivity index (χ0) is 14.4. The molecule has 1 amide bonds. The highest BCUT2D eigenvalue weighted by molar-refractivity contribution is 9.10. The van der Waals surface area contributed by atoms with Crippen LogP contribution in [-0.2, 0) is 11.3 Å². The second kappa shape index (κ2) is 7.65. The number of aryl methyl sites for hydroxylation is 1. The summed E-state index contributed by atoms with van der Waals surface area (Å²) in [7, 11) is 1.68. The van der Waals surface area contributed by atoms with Gasteiger partial charge >= 0.3 is 0 Å². The highest BCUT2D eigenvalue weighted by atomic mass is 79.9. The van der Waals surface area contributed by atoms with Crippen molar-refractivity contribution in [3.63, 3.8) is 0 Å². The molecule has 106 valence electrons. The van der Waals surface area contributed by atoms with Crippen molar-refractivity contribution in [3.8, 4) is 0 Å². The number of carbonyl (C=O) groups is 1. The molecule has 0 aliphatic rings. The van der Waals surface area contributed by atoms with Crippen LogP contribution in [0.2, 0.25) is 0 Å². The Morgan fingerprint density at radius 3 is 2.58 bits per heavy atom. The second-order valence-electron chi connectivity index (χ2n) is 5.26. The molecule has 1 unspecified atom stereocenters. The van der Waals surface area contributed by atoms with E-state index in [0.29, 0.717) is 12.5 Å². The monoisotopic (exact) mass is 326 g/mol. The van der Waals surface area contributed by atoms with E-state index in [9.17, 15) is 4.79 Å². The van der Waals surface area contributed by atoms with Crippen LogP contribution in [0.4, 0.5) is 0 Å². The predicted octanol–water partition coefficient (Wildman–Crippen LogP) is 3.01. The Morgan fingerprint density at radius 1 is 1.37 bits per heavy atom. The quantitative estimate of drug-likeness (QED) is 0.843. The lowest BCUT2D eigenvalue weighted by molar-refractivity contribution is -0.123. The SMILES string of the molecule is CNC(=O)C(CC(C)C)NCc1ccc(Br)c(C)c1. The van der Waals surface area contributed by atoms with Gasteiger partial charge in [0.1, 0.15) is 0 Å². The van der Waals surface area contributed by atoms with Crippen LogP contribution in [0.15, 0.2) is 22.7 Å².